The molecule has 0 atom stereocenters. The van der Waals surface area contributed by atoms with Crippen LogP contribution < -0.4 is 10.6 Å². The average Bonchev–Trinajstić information content (AvgIpc) is 2.39. The summed E-state index contributed by atoms with van der Waals surface area (Å²) in [6, 6.07) is 7.79. The first-order chi connectivity index (χ1) is 8.69. The average molecular weight is 247 g/mol. The summed E-state index contributed by atoms with van der Waals surface area (Å²) < 4.78 is 13.3. The first kappa shape index (κ1) is 13.7. The quantitative estimate of drug-likeness (QED) is 0.619. The van der Waals surface area contributed by atoms with Gasteiger partial charge in [0.25, 0.3) is 5.91 Å². The van der Waals surface area contributed by atoms with E-state index in [1.54, 1.807) is 18.2 Å². The van der Waals surface area contributed by atoms with Crippen molar-refractivity contribution in [2.45, 2.75) is 13.3 Å². The fraction of sp³-hybridized carbons (Fsp3) is 0.231. The topological polar surface area (TPSA) is 64.9 Å². The molecule has 0 aromatic heterocycles. The summed E-state index contributed by atoms with van der Waals surface area (Å²) in [6.07, 6.45) is 1.98. The molecule has 0 aliphatic heterocycles. The molecule has 0 spiro atoms. The Morgan fingerprint density at radius 3 is 2.83 bits per heavy atom. The summed E-state index contributed by atoms with van der Waals surface area (Å²) in [7, 11) is 0. The standard InChI is InChI=1S/C13H14FN3O/c1-2-7-16-13(18)10(8-15)9-17-12-6-4-3-5-11(12)14/h3-6,9,17H,2,7H2,1H3,(H,16,18)/b10-9-. The van der Waals surface area contributed by atoms with Gasteiger partial charge in [-0.15, -0.1) is 0 Å². The van der Waals surface area contributed by atoms with Crippen LogP contribution in [-0.4, -0.2) is 12.5 Å². The molecule has 1 aromatic rings. The number of nitrogens with zero attached hydrogens (tertiary/aromatic N) is 1. The van der Waals surface area contributed by atoms with E-state index in [4.69, 9.17) is 5.26 Å². The summed E-state index contributed by atoms with van der Waals surface area (Å²) >= 11 is 0. The summed E-state index contributed by atoms with van der Waals surface area (Å²) in [6.45, 7) is 2.41. The van der Waals surface area contributed by atoms with E-state index in [1.165, 1.54) is 18.3 Å². The second-order valence-corrected chi connectivity index (χ2v) is 3.55. The highest BCUT2D eigenvalue weighted by Gasteiger charge is 2.07. The minimum atomic E-state index is -0.469. The van der Waals surface area contributed by atoms with Gasteiger partial charge in [0, 0.05) is 12.7 Å². The molecule has 18 heavy (non-hydrogen) atoms. The maximum absolute atomic E-state index is 13.3. The Balaban J connectivity index is 2.72. The summed E-state index contributed by atoms with van der Waals surface area (Å²) in [5.41, 5.74) is 0.125. The van der Waals surface area contributed by atoms with E-state index in [0.717, 1.165) is 6.42 Å². The SMILES string of the molecule is CCCNC(=O)/C(C#N)=C\Nc1ccccc1F. The van der Waals surface area contributed by atoms with Crippen LogP contribution in [0, 0.1) is 17.1 Å². The molecule has 0 aliphatic rings. The second kappa shape index (κ2) is 7.07. The first-order valence-corrected chi connectivity index (χ1v) is 5.58. The van der Waals surface area contributed by atoms with E-state index in [9.17, 15) is 9.18 Å². The van der Waals surface area contributed by atoms with Crippen LogP contribution in [-0.2, 0) is 4.79 Å². The Bertz CT molecular complexity index is 491. The molecular weight excluding hydrogens is 233 g/mol. The van der Waals surface area contributed by atoms with Crippen LogP contribution in [0.15, 0.2) is 36.0 Å². The van der Waals surface area contributed by atoms with Crippen LogP contribution in [0.5, 0.6) is 0 Å². The van der Waals surface area contributed by atoms with Gasteiger partial charge < -0.3 is 10.6 Å². The lowest BCUT2D eigenvalue weighted by molar-refractivity contribution is -0.117. The van der Waals surface area contributed by atoms with Gasteiger partial charge in [-0.25, -0.2) is 4.39 Å². The second-order valence-electron chi connectivity index (χ2n) is 3.55. The van der Waals surface area contributed by atoms with Crippen molar-refractivity contribution in [1.29, 1.82) is 5.26 Å². The summed E-state index contributed by atoms with van der Waals surface area (Å²) in [5, 5.41) is 14.0. The van der Waals surface area contributed by atoms with Crippen molar-refractivity contribution in [3.8, 4) is 6.07 Å². The number of halogens is 1. The number of amides is 1. The van der Waals surface area contributed by atoms with Gasteiger partial charge in [0.2, 0.25) is 0 Å². The summed E-state index contributed by atoms with van der Waals surface area (Å²) in [4.78, 5) is 11.5. The van der Waals surface area contributed by atoms with Gasteiger partial charge in [-0.1, -0.05) is 19.1 Å². The molecule has 0 saturated heterocycles. The Morgan fingerprint density at radius 2 is 2.22 bits per heavy atom. The van der Waals surface area contributed by atoms with Crippen LogP contribution >= 0.6 is 0 Å². The molecule has 0 bridgehead atoms. The predicted molar refractivity (Wildman–Crippen MR) is 67.0 cm³/mol. The third-order valence-electron chi connectivity index (χ3n) is 2.15. The zero-order chi connectivity index (χ0) is 13.4. The Hall–Kier alpha value is -2.35. The smallest absolute Gasteiger partial charge is 0.263 e. The van der Waals surface area contributed by atoms with Crippen LogP contribution in [0.25, 0.3) is 0 Å². The molecule has 0 fully saturated rings. The van der Waals surface area contributed by atoms with Gasteiger partial charge in [-0.05, 0) is 18.6 Å². The zero-order valence-corrected chi connectivity index (χ0v) is 10.0. The highest BCUT2D eigenvalue weighted by atomic mass is 19.1. The van der Waals surface area contributed by atoms with Gasteiger partial charge in [-0.2, -0.15) is 5.26 Å². The highest BCUT2D eigenvalue weighted by molar-refractivity contribution is 5.97. The lowest BCUT2D eigenvalue weighted by atomic mass is 10.2. The minimum Gasteiger partial charge on any atom is -0.358 e. The molecule has 1 amide bonds. The number of hydrogen-bond donors (Lipinski definition) is 2. The molecule has 94 valence electrons. The fourth-order valence-corrected chi connectivity index (χ4v) is 1.21. The first-order valence-electron chi connectivity index (χ1n) is 5.58. The molecule has 0 radical (unpaired) electrons. The number of hydrogen-bond acceptors (Lipinski definition) is 3. The van der Waals surface area contributed by atoms with Gasteiger partial charge in [0.15, 0.2) is 0 Å². The maximum atomic E-state index is 13.3. The van der Waals surface area contributed by atoms with Gasteiger partial charge >= 0.3 is 0 Å². The Kier molecular flexibility index (Phi) is 5.39. The monoisotopic (exact) mass is 247 g/mol. The van der Waals surface area contributed by atoms with Crippen molar-refractivity contribution in [2.75, 3.05) is 11.9 Å². The number of para-hydroxylation sites is 1. The fourth-order valence-electron chi connectivity index (χ4n) is 1.21. The van der Waals surface area contributed by atoms with Crippen LogP contribution in [0.3, 0.4) is 0 Å². The Labute approximate surface area is 105 Å². The normalized spacial score (nSPS) is 10.6. The van der Waals surface area contributed by atoms with E-state index in [1.807, 2.05) is 6.92 Å². The predicted octanol–water partition coefficient (Wildman–Crippen LogP) is 2.17. The van der Waals surface area contributed by atoms with Crippen molar-refractivity contribution in [3.63, 3.8) is 0 Å². The largest absolute Gasteiger partial charge is 0.358 e. The number of nitriles is 1. The number of anilines is 1. The van der Waals surface area contributed by atoms with Gasteiger partial charge in [-0.3, -0.25) is 4.79 Å². The van der Waals surface area contributed by atoms with Gasteiger partial charge in [0.05, 0.1) is 5.69 Å². The Morgan fingerprint density at radius 1 is 1.50 bits per heavy atom. The molecule has 1 rings (SSSR count). The van der Waals surface area contributed by atoms with E-state index in [2.05, 4.69) is 10.6 Å². The van der Waals surface area contributed by atoms with Crippen LogP contribution in [0.2, 0.25) is 0 Å². The third kappa shape index (κ3) is 3.91. The lowest BCUT2D eigenvalue weighted by Crippen LogP contribution is -2.25. The van der Waals surface area contributed by atoms with Crippen molar-refractivity contribution in [3.05, 3.63) is 41.9 Å². The number of nitrogens with one attached hydrogen (secondary N) is 2. The van der Waals surface area contributed by atoms with E-state index in [0.29, 0.717) is 6.54 Å². The number of rotatable bonds is 5. The van der Waals surface area contributed by atoms with Crippen molar-refractivity contribution in [1.82, 2.24) is 5.32 Å². The van der Waals surface area contributed by atoms with Crippen molar-refractivity contribution < 1.29 is 9.18 Å². The molecule has 0 aliphatic carbocycles. The maximum Gasteiger partial charge on any atom is 0.263 e. The highest BCUT2D eigenvalue weighted by Crippen LogP contribution is 2.12. The van der Waals surface area contributed by atoms with E-state index >= 15 is 0 Å². The third-order valence-corrected chi connectivity index (χ3v) is 2.15. The number of carbonyl (C=O) groups excluding carboxylic acids is 1. The van der Waals surface area contributed by atoms with E-state index in [-0.39, 0.29) is 11.3 Å². The molecule has 5 heteroatoms. The molecule has 4 nitrogen and oxygen atoms in total. The van der Waals surface area contributed by atoms with Crippen molar-refractivity contribution >= 4 is 11.6 Å². The molecular formula is C13H14FN3O. The molecule has 0 saturated carbocycles. The minimum absolute atomic E-state index is 0.0910. The number of benzene rings is 1. The van der Waals surface area contributed by atoms with E-state index < -0.39 is 11.7 Å². The zero-order valence-electron chi connectivity index (χ0n) is 10.0. The van der Waals surface area contributed by atoms with Crippen LogP contribution in [0.1, 0.15) is 13.3 Å². The van der Waals surface area contributed by atoms with Crippen LogP contribution in [0.4, 0.5) is 10.1 Å². The lowest BCUT2D eigenvalue weighted by Gasteiger charge is -2.04. The number of carbonyl (C=O) groups is 1. The molecule has 1 aromatic carbocycles. The van der Waals surface area contributed by atoms with Gasteiger partial charge in [0.1, 0.15) is 17.5 Å². The molecule has 0 unspecified atom stereocenters. The van der Waals surface area contributed by atoms with Crippen molar-refractivity contribution in [2.24, 2.45) is 0 Å². The molecule has 0 heterocycles. The molecule has 2 N–H and O–H groups in total. The summed E-state index contributed by atoms with van der Waals surface area (Å²) in [5.74, 6) is -0.914.